The largest absolute Gasteiger partial charge is 0.290 e. The second kappa shape index (κ2) is 6.22. The third kappa shape index (κ3) is 2.41. The van der Waals surface area contributed by atoms with Gasteiger partial charge >= 0.3 is 0 Å². The van der Waals surface area contributed by atoms with Gasteiger partial charge in [-0.1, -0.05) is 54.6 Å². The number of fused-ring (bicyclic) bond motifs is 2. The lowest BCUT2D eigenvalue weighted by Gasteiger charge is -2.26. The fraction of sp³-hybridized carbons (Fsp3) is 0.182. The number of aryl methyl sites for hydroxylation is 1. The van der Waals surface area contributed by atoms with Crippen LogP contribution in [0.4, 0.5) is 0 Å². The summed E-state index contributed by atoms with van der Waals surface area (Å²) in [7, 11) is 0. The Kier molecular flexibility index (Phi) is 3.71. The lowest BCUT2D eigenvalue weighted by Crippen LogP contribution is -2.28. The number of hydrogen-bond acceptors (Lipinski definition) is 3. The van der Waals surface area contributed by atoms with Crippen molar-refractivity contribution in [2.24, 2.45) is 0 Å². The van der Waals surface area contributed by atoms with E-state index >= 15 is 0 Å². The van der Waals surface area contributed by atoms with Crippen molar-refractivity contribution < 1.29 is 0 Å². The Hall–Kier alpha value is -2.72. The van der Waals surface area contributed by atoms with Crippen LogP contribution in [0.25, 0.3) is 21.3 Å². The molecule has 128 valence electrons. The Morgan fingerprint density at radius 1 is 1.04 bits per heavy atom. The van der Waals surface area contributed by atoms with E-state index in [9.17, 15) is 4.79 Å². The number of aromatic nitrogens is 2. The molecule has 0 amide bonds. The number of benzene rings is 2. The van der Waals surface area contributed by atoms with Crippen molar-refractivity contribution in [3.8, 4) is 11.1 Å². The Labute approximate surface area is 155 Å². The van der Waals surface area contributed by atoms with E-state index in [1.54, 1.807) is 6.33 Å². The van der Waals surface area contributed by atoms with Gasteiger partial charge < -0.3 is 0 Å². The van der Waals surface area contributed by atoms with Crippen LogP contribution in [0.1, 0.15) is 30.0 Å². The normalized spacial score (nSPS) is 16.5. The zero-order chi connectivity index (χ0) is 17.5. The smallest absolute Gasteiger partial charge is 0.271 e. The zero-order valence-electron chi connectivity index (χ0n) is 14.3. The van der Waals surface area contributed by atoms with Crippen molar-refractivity contribution in [1.82, 2.24) is 9.55 Å². The van der Waals surface area contributed by atoms with E-state index < -0.39 is 0 Å². The van der Waals surface area contributed by atoms with Crippen molar-refractivity contribution in [3.63, 3.8) is 0 Å². The second-order valence-corrected chi connectivity index (χ2v) is 7.64. The molecule has 4 aromatic rings. The summed E-state index contributed by atoms with van der Waals surface area (Å²) in [4.78, 5) is 17.9. The summed E-state index contributed by atoms with van der Waals surface area (Å²) in [5, 5.41) is 2.05. The minimum atomic E-state index is 0.0730. The van der Waals surface area contributed by atoms with Crippen LogP contribution in [-0.2, 0) is 6.42 Å². The zero-order valence-corrected chi connectivity index (χ0v) is 15.1. The highest BCUT2D eigenvalue weighted by Crippen LogP contribution is 2.34. The molecule has 0 N–H and O–H groups in total. The van der Waals surface area contributed by atoms with Crippen molar-refractivity contribution >= 4 is 21.6 Å². The Morgan fingerprint density at radius 2 is 1.85 bits per heavy atom. The number of rotatable bonds is 2. The van der Waals surface area contributed by atoms with Gasteiger partial charge in [-0.15, -0.1) is 11.3 Å². The van der Waals surface area contributed by atoms with Crippen molar-refractivity contribution in [2.45, 2.75) is 25.3 Å². The lowest BCUT2D eigenvalue weighted by molar-refractivity contribution is 0.476. The van der Waals surface area contributed by atoms with Gasteiger partial charge in [-0.25, -0.2) is 4.98 Å². The summed E-state index contributed by atoms with van der Waals surface area (Å²) in [5.74, 6) is 0. The molecule has 4 heteroatoms. The van der Waals surface area contributed by atoms with Gasteiger partial charge in [0.2, 0.25) is 0 Å². The Bertz CT molecular complexity index is 1140. The van der Waals surface area contributed by atoms with Gasteiger partial charge in [0.15, 0.2) is 0 Å². The predicted octanol–water partition coefficient (Wildman–Crippen LogP) is 5.05. The monoisotopic (exact) mass is 358 g/mol. The second-order valence-electron chi connectivity index (χ2n) is 6.76. The standard InChI is InChI=1S/C22H18N2OS/c25-22-21-20(18(13-26-21)16-7-2-1-3-8-16)23-14-24(22)19-12-6-10-15-9-4-5-11-17(15)19/h1-5,7-9,11,13-14,19H,6,10,12H2/t19-/m1/s1. The van der Waals surface area contributed by atoms with Crippen molar-refractivity contribution in [1.29, 1.82) is 0 Å². The van der Waals surface area contributed by atoms with Gasteiger partial charge in [0.1, 0.15) is 4.70 Å². The minimum Gasteiger partial charge on any atom is -0.290 e. The lowest BCUT2D eigenvalue weighted by atomic mass is 9.87. The van der Waals surface area contributed by atoms with E-state index in [1.807, 2.05) is 28.1 Å². The minimum absolute atomic E-state index is 0.0730. The third-order valence-corrected chi connectivity index (χ3v) is 6.22. The first-order chi connectivity index (χ1) is 12.8. The van der Waals surface area contributed by atoms with Crippen LogP contribution in [0.3, 0.4) is 0 Å². The van der Waals surface area contributed by atoms with E-state index in [1.165, 1.54) is 22.5 Å². The molecule has 2 aromatic carbocycles. The van der Waals surface area contributed by atoms with Crippen LogP contribution >= 0.6 is 11.3 Å². The maximum absolute atomic E-state index is 13.2. The molecule has 0 spiro atoms. The van der Waals surface area contributed by atoms with Crippen LogP contribution < -0.4 is 5.56 Å². The summed E-state index contributed by atoms with van der Waals surface area (Å²) in [6, 6.07) is 18.7. The SMILES string of the molecule is O=c1c2scc(-c3ccccc3)c2ncn1[C@@H]1CCCc2ccccc21. The van der Waals surface area contributed by atoms with E-state index in [0.717, 1.165) is 40.6 Å². The summed E-state index contributed by atoms with van der Waals surface area (Å²) in [5.41, 5.74) is 5.65. The van der Waals surface area contributed by atoms with Crippen LogP contribution in [0, 0.1) is 0 Å². The summed E-state index contributed by atoms with van der Waals surface area (Å²) in [6.07, 6.45) is 4.93. The van der Waals surface area contributed by atoms with Gasteiger partial charge in [0.25, 0.3) is 5.56 Å². The van der Waals surface area contributed by atoms with Crippen LogP contribution in [-0.4, -0.2) is 9.55 Å². The van der Waals surface area contributed by atoms with Gasteiger partial charge in [-0.3, -0.25) is 9.36 Å². The molecule has 0 unspecified atom stereocenters. The van der Waals surface area contributed by atoms with E-state index in [0.29, 0.717) is 0 Å². The molecule has 3 nitrogen and oxygen atoms in total. The maximum atomic E-state index is 13.2. The average molecular weight is 358 g/mol. The van der Waals surface area contributed by atoms with E-state index in [-0.39, 0.29) is 11.6 Å². The van der Waals surface area contributed by atoms with Crippen LogP contribution in [0.5, 0.6) is 0 Å². The summed E-state index contributed by atoms with van der Waals surface area (Å²) >= 11 is 1.50. The Balaban J connectivity index is 1.66. The molecule has 1 aliphatic rings. The van der Waals surface area contributed by atoms with Gasteiger partial charge in [-0.05, 0) is 36.0 Å². The molecule has 1 aliphatic carbocycles. The fourth-order valence-corrected chi connectivity index (χ4v) is 4.95. The topological polar surface area (TPSA) is 34.9 Å². The first-order valence-electron chi connectivity index (χ1n) is 8.94. The molecular weight excluding hydrogens is 340 g/mol. The summed E-state index contributed by atoms with van der Waals surface area (Å²) < 4.78 is 2.58. The molecule has 0 radical (unpaired) electrons. The number of hydrogen-bond donors (Lipinski definition) is 0. The molecule has 0 aliphatic heterocycles. The fourth-order valence-electron chi connectivity index (χ4n) is 3.98. The Morgan fingerprint density at radius 3 is 2.73 bits per heavy atom. The van der Waals surface area contributed by atoms with Crippen LogP contribution in [0.2, 0.25) is 0 Å². The average Bonchev–Trinajstić information content (AvgIpc) is 3.14. The molecule has 0 saturated heterocycles. The van der Waals surface area contributed by atoms with E-state index in [4.69, 9.17) is 4.98 Å². The van der Waals surface area contributed by atoms with Gasteiger partial charge in [0, 0.05) is 10.9 Å². The van der Waals surface area contributed by atoms with Crippen molar-refractivity contribution in [3.05, 3.63) is 87.8 Å². The molecule has 0 saturated carbocycles. The van der Waals surface area contributed by atoms with E-state index in [2.05, 4.69) is 36.4 Å². The predicted molar refractivity (Wildman–Crippen MR) is 107 cm³/mol. The quantitative estimate of drug-likeness (QED) is 0.502. The highest BCUT2D eigenvalue weighted by Gasteiger charge is 2.23. The maximum Gasteiger partial charge on any atom is 0.271 e. The molecule has 2 heterocycles. The highest BCUT2D eigenvalue weighted by atomic mass is 32.1. The molecule has 0 fully saturated rings. The molecule has 1 atom stereocenters. The molecular formula is C22H18N2OS. The first kappa shape index (κ1) is 15.5. The molecule has 2 aromatic heterocycles. The van der Waals surface area contributed by atoms with Crippen molar-refractivity contribution in [2.75, 3.05) is 0 Å². The first-order valence-corrected chi connectivity index (χ1v) is 9.82. The third-order valence-electron chi connectivity index (χ3n) is 5.26. The summed E-state index contributed by atoms with van der Waals surface area (Å²) in [6.45, 7) is 0. The van der Waals surface area contributed by atoms with Crippen LogP contribution in [0.15, 0.2) is 71.1 Å². The number of nitrogens with zero attached hydrogens (tertiary/aromatic N) is 2. The number of thiophene rings is 1. The van der Waals surface area contributed by atoms with Gasteiger partial charge in [-0.2, -0.15) is 0 Å². The molecule has 0 bridgehead atoms. The molecule has 5 rings (SSSR count). The molecule has 26 heavy (non-hydrogen) atoms. The highest BCUT2D eigenvalue weighted by molar-refractivity contribution is 7.17. The van der Waals surface area contributed by atoms with Gasteiger partial charge in [0.05, 0.1) is 17.9 Å².